The second kappa shape index (κ2) is 43.7. The number of aliphatic hydroxyl groups excluding tert-OH is 2. The highest BCUT2D eigenvalue weighted by atomic mass is 31.2. The van der Waals surface area contributed by atoms with Crippen molar-refractivity contribution >= 4 is 13.8 Å². The van der Waals surface area contributed by atoms with Crippen LogP contribution in [0, 0.1) is 0 Å². The van der Waals surface area contributed by atoms with E-state index in [2.05, 4.69) is 123 Å². The van der Waals surface area contributed by atoms with E-state index in [0.717, 1.165) is 96.3 Å². The predicted molar refractivity (Wildman–Crippen MR) is 241 cm³/mol. The topological polar surface area (TPSA) is 132 Å². The number of allylic oxidation sites excluding steroid dienone is 18. The first kappa shape index (κ1) is 55.1. The molecular formula is C48H79O9P. The van der Waals surface area contributed by atoms with Gasteiger partial charge in [0.05, 0.1) is 26.4 Å². The Morgan fingerprint density at radius 1 is 0.534 bits per heavy atom. The standard InChI is InChI=1S/C48H79O9P/c1-3-5-7-9-11-13-15-17-19-21-22-23-25-27-29-31-33-35-37-39-41-54-44-47(45-56-58(52,53)55-43-46(50)42-49)57-48(51)40-38-36-34-32-30-28-26-24-20-18-16-14-12-10-8-6-4-2/h5-8,11-14,17-20,22-23,27,29,33,35,46-47,49-50H,3-4,9-10,15-16,21,24-26,28,30-32,34,36-45H2,1-2H3,(H,52,53)/b7-5-,8-6-,13-11-,14-12-,19-17-,20-18-,23-22-,29-27-,35-33-. The SMILES string of the molecule is CC/C=C\C/C=C\C/C=C\C/C=C\C/C=C\C/C=C\CCCOCC(COP(=O)(O)OCC(O)CO)OC(=O)CCCCCCCCC/C=C\C/C=C\C/C=C\CC. The van der Waals surface area contributed by atoms with Gasteiger partial charge >= 0.3 is 13.8 Å². The normalized spacial score (nSPS) is 15.1. The summed E-state index contributed by atoms with van der Waals surface area (Å²) < 4.78 is 33.3. The van der Waals surface area contributed by atoms with Gasteiger partial charge in [-0.2, -0.15) is 0 Å². The molecule has 0 aliphatic heterocycles. The van der Waals surface area contributed by atoms with E-state index in [0.29, 0.717) is 13.0 Å². The minimum Gasteiger partial charge on any atom is -0.457 e. The first-order valence-corrected chi connectivity index (χ1v) is 23.4. The number of aliphatic hydroxyl groups is 2. The zero-order valence-corrected chi connectivity index (χ0v) is 36.9. The molecule has 0 aromatic carbocycles. The Morgan fingerprint density at radius 3 is 1.40 bits per heavy atom. The molecule has 0 aromatic heterocycles. The van der Waals surface area contributed by atoms with Crippen LogP contribution in [0.2, 0.25) is 0 Å². The molecule has 0 aromatic rings. The van der Waals surface area contributed by atoms with Crippen LogP contribution in [-0.4, -0.2) is 66.3 Å². The molecule has 10 heteroatoms. The molecule has 3 atom stereocenters. The molecule has 0 saturated heterocycles. The maximum absolute atomic E-state index is 12.6. The number of ether oxygens (including phenoxy) is 2. The number of hydrogen-bond acceptors (Lipinski definition) is 8. The van der Waals surface area contributed by atoms with E-state index < -0.39 is 45.8 Å². The summed E-state index contributed by atoms with van der Waals surface area (Å²) in [4.78, 5) is 22.6. The fourth-order valence-electron chi connectivity index (χ4n) is 5.21. The van der Waals surface area contributed by atoms with Crippen LogP contribution in [0.25, 0.3) is 0 Å². The van der Waals surface area contributed by atoms with Crippen LogP contribution in [0.5, 0.6) is 0 Å². The third-order valence-electron chi connectivity index (χ3n) is 8.45. The summed E-state index contributed by atoms with van der Waals surface area (Å²) in [6.07, 6.45) is 56.3. The van der Waals surface area contributed by atoms with E-state index in [1.165, 1.54) is 19.3 Å². The fourth-order valence-corrected chi connectivity index (χ4v) is 6.00. The van der Waals surface area contributed by atoms with Crippen molar-refractivity contribution in [3.63, 3.8) is 0 Å². The van der Waals surface area contributed by atoms with E-state index in [-0.39, 0.29) is 13.0 Å². The minimum absolute atomic E-state index is 0.00269. The van der Waals surface area contributed by atoms with Gasteiger partial charge < -0.3 is 24.6 Å². The van der Waals surface area contributed by atoms with Gasteiger partial charge in [-0.25, -0.2) is 4.57 Å². The Bertz CT molecular complexity index is 1260. The van der Waals surface area contributed by atoms with Gasteiger partial charge in [0, 0.05) is 13.0 Å². The molecule has 0 radical (unpaired) electrons. The van der Waals surface area contributed by atoms with Crippen LogP contribution in [-0.2, 0) is 27.9 Å². The lowest BCUT2D eigenvalue weighted by Gasteiger charge is -2.20. The van der Waals surface area contributed by atoms with Gasteiger partial charge in [0.1, 0.15) is 12.2 Å². The number of carbonyl (C=O) groups excluding carboxylic acids is 1. The van der Waals surface area contributed by atoms with E-state index in [4.69, 9.17) is 23.6 Å². The van der Waals surface area contributed by atoms with E-state index in [9.17, 15) is 19.4 Å². The average molecular weight is 831 g/mol. The maximum Gasteiger partial charge on any atom is 0.472 e. The van der Waals surface area contributed by atoms with Gasteiger partial charge in [0.2, 0.25) is 0 Å². The Kier molecular flexibility index (Phi) is 41.5. The first-order chi connectivity index (χ1) is 28.3. The molecule has 9 nitrogen and oxygen atoms in total. The van der Waals surface area contributed by atoms with Crippen molar-refractivity contribution in [1.82, 2.24) is 0 Å². The van der Waals surface area contributed by atoms with Crippen molar-refractivity contribution in [1.29, 1.82) is 0 Å². The van der Waals surface area contributed by atoms with E-state index >= 15 is 0 Å². The molecule has 3 unspecified atom stereocenters. The molecule has 0 heterocycles. The van der Waals surface area contributed by atoms with Crippen LogP contribution < -0.4 is 0 Å². The predicted octanol–water partition coefficient (Wildman–Crippen LogP) is 12.2. The summed E-state index contributed by atoms with van der Waals surface area (Å²) in [5, 5.41) is 18.4. The van der Waals surface area contributed by atoms with Crippen LogP contribution in [0.3, 0.4) is 0 Å². The van der Waals surface area contributed by atoms with Crippen molar-refractivity contribution < 1.29 is 43.0 Å². The number of hydrogen-bond donors (Lipinski definition) is 3. The Labute approximate surface area is 352 Å². The lowest BCUT2D eigenvalue weighted by atomic mass is 10.1. The molecule has 0 fully saturated rings. The number of esters is 1. The van der Waals surface area contributed by atoms with Gasteiger partial charge in [-0.05, 0) is 89.9 Å². The average Bonchev–Trinajstić information content (AvgIpc) is 3.21. The number of rotatable bonds is 40. The van der Waals surface area contributed by atoms with Crippen molar-refractivity contribution in [2.45, 2.75) is 154 Å². The fraction of sp³-hybridized carbons (Fsp3) is 0.604. The van der Waals surface area contributed by atoms with Crippen molar-refractivity contribution in [2.24, 2.45) is 0 Å². The van der Waals surface area contributed by atoms with Gasteiger partial charge in [-0.1, -0.05) is 155 Å². The summed E-state index contributed by atoms with van der Waals surface area (Å²) in [5.41, 5.74) is 0. The molecule has 0 spiro atoms. The second-order valence-electron chi connectivity index (χ2n) is 13.9. The monoisotopic (exact) mass is 831 g/mol. The highest BCUT2D eigenvalue weighted by Crippen LogP contribution is 2.43. The molecule has 3 N–H and O–H groups in total. The largest absolute Gasteiger partial charge is 0.472 e. The molecule has 330 valence electrons. The third kappa shape index (κ3) is 42.7. The number of phosphoric ester groups is 1. The highest BCUT2D eigenvalue weighted by Gasteiger charge is 2.26. The minimum atomic E-state index is -4.55. The van der Waals surface area contributed by atoms with Gasteiger partial charge in [-0.3, -0.25) is 13.8 Å². The zero-order valence-electron chi connectivity index (χ0n) is 36.0. The van der Waals surface area contributed by atoms with Crippen LogP contribution >= 0.6 is 7.82 Å². The van der Waals surface area contributed by atoms with Gasteiger partial charge in [0.25, 0.3) is 0 Å². The lowest BCUT2D eigenvalue weighted by Crippen LogP contribution is -2.29. The van der Waals surface area contributed by atoms with E-state index in [1.807, 2.05) is 0 Å². The van der Waals surface area contributed by atoms with Crippen molar-refractivity contribution in [2.75, 3.05) is 33.0 Å². The molecule has 58 heavy (non-hydrogen) atoms. The second-order valence-corrected chi connectivity index (χ2v) is 15.4. The maximum atomic E-state index is 12.6. The van der Waals surface area contributed by atoms with Gasteiger partial charge in [0.15, 0.2) is 0 Å². The molecule has 0 aliphatic carbocycles. The first-order valence-electron chi connectivity index (χ1n) is 21.9. The summed E-state index contributed by atoms with van der Waals surface area (Å²) in [6.45, 7) is 3.09. The molecular weight excluding hydrogens is 751 g/mol. The molecule has 0 rings (SSSR count). The number of phosphoric acid groups is 1. The molecule has 0 bridgehead atoms. The van der Waals surface area contributed by atoms with Crippen molar-refractivity contribution in [3.8, 4) is 0 Å². The quantitative estimate of drug-likeness (QED) is 0.0239. The Morgan fingerprint density at radius 2 is 0.931 bits per heavy atom. The van der Waals surface area contributed by atoms with Gasteiger partial charge in [-0.15, -0.1) is 0 Å². The molecule has 0 saturated carbocycles. The van der Waals surface area contributed by atoms with E-state index in [1.54, 1.807) is 0 Å². The Hall–Kier alpha value is -2.88. The number of unbranched alkanes of at least 4 members (excludes halogenated alkanes) is 8. The molecule has 0 aliphatic rings. The van der Waals surface area contributed by atoms with Crippen LogP contribution in [0.1, 0.15) is 142 Å². The summed E-state index contributed by atoms with van der Waals surface area (Å²) in [6, 6.07) is 0. The summed E-state index contributed by atoms with van der Waals surface area (Å²) in [5.74, 6) is -0.418. The summed E-state index contributed by atoms with van der Waals surface area (Å²) >= 11 is 0. The highest BCUT2D eigenvalue weighted by molar-refractivity contribution is 7.47. The number of carbonyl (C=O) groups is 1. The van der Waals surface area contributed by atoms with Crippen LogP contribution in [0.15, 0.2) is 109 Å². The third-order valence-corrected chi connectivity index (χ3v) is 9.40. The smallest absolute Gasteiger partial charge is 0.457 e. The van der Waals surface area contributed by atoms with Crippen molar-refractivity contribution in [3.05, 3.63) is 109 Å². The molecule has 0 amide bonds. The van der Waals surface area contributed by atoms with Crippen LogP contribution in [0.4, 0.5) is 0 Å². The lowest BCUT2D eigenvalue weighted by molar-refractivity contribution is -0.154. The Balaban J connectivity index is 4.32. The summed E-state index contributed by atoms with van der Waals surface area (Å²) in [7, 11) is -4.55. The zero-order chi connectivity index (χ0) is 42.5.